The van der Waals surface area contributed by atoms with Crippen LogP contribution in [0.25, 0.3) is 135 Å². The lowest BCUT2D eigenvalue weighted by atomic mass is 9.89. The SMILES string of the molecule is C1=Cc2cccc3c2c(cc2sc4c(ccc5c6ccccc6c6cc(-c7ccc8oc9ccc(-c%10ccc%11cc%12ccccc%12cc%11c%10)cc9c8c7)ccc6c54)c23)C1. The van der Waals surface area contributed by atoms with E-state index in [1.165, 1.54) is 118 Å². The summed E-state index contributed by atoms with van der Waals surface area (Å²) in [5, 5.41) is 20.7. The van der Waals surface area contributed by atoms with E-state index in [4.69, 9.17) is 4.42 Å². The average Bonchev–Trinajstić information content (AvgIpc) is 3.86. The molecule has 0 aliphatic heterocycles. The molecule has 0 fully saturated rings. The molecule has 0 atom stereocenters. The zero-order chi connectivity index (χ0) is 38.3. The van der Waals surface area contributed by atoms with E-state index in [1.807, 2.05) is 11.3 Å². The molecule has 11 aromatic carbocycles. The van der Waals surface area contributed by atoms with Gasteiger partial charge in [0.05, 0.1) is 0 Å². The molecule has 0 unspecified atom stereocenters. The lowest BCUT2D eigenvalue weighted by Crippen LogP contribution is -1.92. The minimum atomic E-state index is 0.907. The highest BCUT2D eigenvalue weighted by molar-refractivity contribution is 7.27. The second-order valence-electron chi connectivity index (χ2n) is 16.3. The van der Waals surface area contributed by atoms with Gasteiger partial charge in [-0.15, -0.1) is 11.3 Å². The van der Waals surface area contributed by atoms with E-state index in [-0.39, 0.29) is 0 Å². The molecule has 0 radical (unpaired) electrons. The normalized spacial score (nSPS) is 12.9. The largest absolute Gasteiger partial charge is 0.456 e. The Bertz CT molecular complexity index is 4040. The number of benzene rings is 11. The lowest BCUT2D eigenvalue weighted by Gasteiger charge is -2.14. The molecule has 0 N–H and O–H groups in total. The standard InChI is InChI=1S/C57H32OS/c1-2-8-34-26-41-27-35(15-16-36(41)25-33(34)7-1)38-18-23-51-49(29-38)50-30-39(19-24-52(50)58-51)37-17-20-45-48(28-37)43-13-4-3-12-42(43)44-21-22-47-55-46-14-6-10-32-9-5-11-40(54(32)46)31-53(55)59-57(47)56(44)45/h1-10,12-31H,11H2. The number of hydrogen-bond donors (Lipinski definition) is 0. The summed E-state index contributed by atoms with van der Waals surface area (Å²) < 4.78 is 9.19. The maximum Gasteiger partial charge on any atom is 0.135 e. The van der Waals surface area contributed by atoms with Crippen LogP contribution in [0.2, 0.25) is 0 Å². The Hall–Kier alpha value is -7.26. The fourth-order valence-corrected chi connectivity index (χ4v) is 11.7. The summed E-state index contributed by atoms with van der Waals surface area (Å²) in [7, 11) is 0. The third-order valence-corrected chi connectivity index (χ3v) is 14.3. The Morgan fingerprint density at radius 3 is 1.76 bits per heavy atom. The number of fused-ring (bicyclic) bond motifs is 16. The van der Waals surface area contributed by atoms with Gasteiger partial charge in [0.15, 0.2) is 0 Å². The van der Waals surface area contributed by atoms with Crippen molar-refractivity contribution in [2.75, 3.05) is 0 Å². The van der Waals surface area contributed by atoms with Gasteiger partial charge < -0.3 is 4.42 Å². The van der Waals surface area contributed by atoms with Crippen molar-refractivity contribution in [2.45, 2.75) is 6.42 Å². The molecule has 0 spiro atoms. The maximum atomic E-state index is 6.44. The van der Waals surface area contributed by atoms with Crippen LogP contribution in [0.1, 0.15) is 11.1 Å². The zero-order valence-corrected chi connectivity index (χ0v) is 32.7. The van der Waals surface area contributed by atoms with Gasteiger partial charge in [0.1, 0.15) is 11.2 Å². The Morgan fingerprint density at radius 1 is 0.373 bits per heavy atom. The molecular formula is C57H32OS. The molecule has 0 saturated carbocycles. The van der Waals surface area contributed by atoms with Crippen LogP contribution in [-0.2, 0) is 6.42 Å². The highest BCUT2D eigenvalue weighted by Crippen LogP contribution is 2.48. The third-order valence-electron chi connectivity index (χ3n) is 13.2. The molecule has 14 rings (SSSR count). The predicted molar refractivity (Wildman–Crippen MR) is 255 cm³/mol. The molecular weight excluding hydrogens is 733 g/mol. The Morgan fingerprint density at radius 2 is 0.966 bits per heavy atom. The minimum Gasteiger partial charge on any atom is -0.456 e. The summed E-state index contributed by atoms with van der Waals surface area (Å²) >= 11 is 1.96. The van der Waals surface area contributed by atoms with Crippen molar-refractivity contribution in [2.24, 2.45) is 0 Å². The first-order chi connectivity index (χ1) is 29.2. The van der Waals surface area contributed by atoms with E-state index in [9.17, 15) is 0 Å². The molecule has 272 valence electrons. The number of rotatable bonds is 2. The van der Waals surface area contributed by atoms with Crippen molar-refractivity contribution in [3.05, 3.63) is 187 Å². The molecule has 1 nitrogen and oxygen atoms in total. The van der Waals surface area contributed by atoms with Crippen molar-refractivity contribution in [3.63, 3.8) is 0 Å². The molecule has 2 heteroatoms. The van der Waals surface area contributed by atoms with Crippen molar-refractivity contribution in [3.8, 4) is 22.3 Å². The molecule has 2 aromatic heterocycles. The first-order valence-corrected chi connectivity index (χ1v) is 21.3. The van der Waals surface area contributed by atoms with Crippen LogP contribution < -0.4 is 0 Å². The highest BCUT2D eigenvalue weighted by Gasteiger charge is 2.20. The van der Waals surface area contributed by atoms with Gasteiger partial charge in [-0.3, -0.25) is 0 Å². The summed E-state index contributed by atoms with van der Waals surface area (Å²) in [5.41, 5.74) is 9.35. The molecule has 0 amide bonds. The number of hydrogen-bond acceptors (Lipinski definition) is 2. The van der Waals surface area contributed by atoms with Gasteiger partial charge in [-0.1, -0.05) is 127 Å². The van der Waals surface area contributed by atoms with E-state index in [2.05, 4.69) is 182 Å². The van der Waals surface area contributed by atoms with Crippen LogP contribution in [0.3, 0.4) is 0 Å². The van der Waals surface area contributed by atoms with E-state index in [0.717, 1.165) is 28.4 Å². The summed E-state index contributed by atoms with van der Waals surface area (Å²) in [6.45, 7) is 0. The fraction of sp³-hybridized carbons (Fsp3) is 0.0175. The van der Waals surface area contributed by atoms with Gasteiger partial charge in [-0.05, 0) is 154 Å². The number of thiophene rings is 1. The average molecular weight is 765 g/mol. The van der Waals surface area contributed by atoms with Gasteiger partial charge >= 0.3 is 0 Å². The maximum absolute atomic E-state index is 6.44. The van der Waals surface area contributed by atoms with E-state index >= 15 is 0 Å². The van der Waals surface area contributed by atoms with Crippen molar-refractivity contribution >= 4 is 124 Å². The minimum absolute atomic E-state index is 0.907. The molecule has 0 bridgehead atoms. The number of allylic oxidation sites excluding steroid dienone is 1. The molecule has 13 aromatic rings. The van der Waals surface area contributed by atoms with Crippen LogP contribution in [0.15, 0.2) is 180 Å². The van der Waals surface area contributed by atoms with Gasteiger partial charge in [-0.2, -0.15) is 0 Å². The van der Waals surface area contributed by atoms with Crippen LogP contribution in [0, 0.1) is 0 Å². The second-order valence-corrected chi connectivity index (χ2v) is 17.4. The topological polar surface area (TPSA) is 13.1 Å². The van der Waals surface area contributed by atoms with Gasteiger partial charge in [-0.25, -0.2) is 0 Å². The van der Waals surface area contributed by atoms with Gasteiger partial charge in [0.25, 0.3) is 0 Å². The van der Waals surface area contributed by atoms with Crippen LogP contribution in [-0.4, -0.2) is 0 Å². The summed E-state index contributed by atoms with van der Waals surface area (Å²) in [6.07, 6.45) is 5.58. The Kier molecular flexibility index (Phi) is 6.28. The van der Waals surface area contributed by atoms with Crippen molar-refractivity contribution in [1.82, 2.24) is 0 Å². The molecule has 1 aliphatic carbocycles. The van der Waals surface area contributed by atoms with Crippen LogP contribution in [0.5, 0.6) is 0 Å². The molecule has 1 aliphatic rings. The third kappa shape index (κ3) is 4.50. The predicted octanol–water partition coefficient (Wildman–Crippen LogP) is 16.8. The van der Waals surface area contributed by atoms with Crippen molar-refractivity contribution in [1.29, 1.82) is 0 Å². The van der Waals surface area contributed by atoms with E-state index < -0.39 is 0 Å². The molecule has 2 heterocycles. The highest BCUT2D eigenvalue weighted by atomic mass is 32.1. The van der Waals surface area contributed by atoms with Gasteiger partial charge in [0, 0.05) is 36.3 Å². The summed E-state index contributed by atoms with van der Waals surface area (Å²) in [4.78, 5) is 0. The summed E-state index contributed by atoms with van der Waals surface area (Å²) in [5.74, 6) is 0. The Labute approximate surface area is 342 Å². The van der Waals surface area contributed by atoms with Gasteiger partial charge in [0.2, 0.25) is 0 Å². The van der Waals surface area contributed by atoms with Crippen LogP contribution >= 0.6 is 11.3 Å². The lowest BCUT2D eigenvalue weighted by molar-refractivity contribution is 0.669. The first-order valence-electron chi connectivity index (χ1n) is 20.4. The smallest absolute Gasteiger partial charge is 0.135 e. The fourth-order valence-electron chi connectivity index (χ4n) is 10.4. The second kappa shape index (κ2) is 11.7. The van der Waals surface area contributed by atoms with E-state index in [0.29, 0.717) is 0 Å². The van der Waals surface area contributed by atoms with Crippen LogP contribution in [0.4, 0.5) is 0 Å². The Balaban J connectivity index is 0.951. The quantitative estimate of drug-likeness (QED) is 0.126. The zero-order valence-electron chi connectivity index (χ0n) is 31.8. The summed E-state index contributed by atoms with van der Waals surface area (Å²) in [6, 6.07) is 63.4. The monoisotopic (exact) mass is 764 g/mol. The van der Waals surface area contributed by atoms with E-state index in [1.54, 1.807) is 0 Å². The molecule has 0 saturated heterocycles. The number of furan rings is 1. The first kappa shape index (κ1) is 31.8. The molecule has 59 heavy (non-hydrogen) atoms. The van der Waals surface area contributed by atoms with Crippen molar-refractivity contribution < 1.29 is 4.42 Å².